The zero-order chi connectivity index (χ0) is 23.8. The lowest BCUT2D eigenvalue weighted by atomic mass is 9.90. The summed E-state index contributed by atoms with van der Waals surface area (Å²) in [5.41, 5.74) is 9.16. The first kappa shape index (κ1) is 26.8. The summed E-state index contributed by atoms with van der Waals surface area (Å²) in [6, 6.07) is 18.3. The maximum absolute atomic E-state index is 2.37. The van der Waals surface area contributed by atoms with Crippen molar-refractivity contribution < 1.29 is 0 Å². The average Bonchev–Trinajstić information content (AvgIpc) is 3.20. The standard InChI is InChI=1S/C34H50/c1-3-5-7-9-11-13-15-17-23-29(24-18-16-14-12-10-8-6-4-2)34-32-27-21-19-25-30(32)31-26-20-22-28-33(31)34/h19-22,25-28H,3-18,23-24H2,1-2H3. The first-order valence-corrected chi connectivity index (χ1v) is 14.8. The number of allylic oxidation sites excluding steroid dienone is 1. The van der Waals surface area contributed by atoms with Crippen LogP contribution in [0.1, 0.15) is 141 Å². The van der Waals surface area contributed by atoms with Gasteiger partial charge in [0.25, 0.3) is 0 Å². The monoisotopic (exact) mass is 458 g/mol. The molecule has 0 nitrogen and oxygen atoms in total. The van der Waals surface area contributed by atoms with Crippen LogP contribution in [0, 0.1) is 0 Å². The maximum atomic E-state index is 2.37. The van der Waals surface area contributed by atoms with Crippen LogP contribution in [0.25, 0.3) is 16.7 Å². The zero-order valence-electron chi connectivity index (χ0n) is 22.3. The molecule has 0 aliphatic heterocycles. The summed E-state index contributed by atoms with van der Waals surface area (Å²) in [7, 11) is 0. The highest BCUT2D eigenvalue weighted by molar-refractivity contribution is 6.02. The highest BCUT2D eigenvalue weighted by Crippen LogP contribution is 2.47. The molecule has 0 bridgehead atoms. The number of hydrogen-bond acceptors (Lipinski definition) is 0. The highest BCUT2D eigenvalue weighted by Gasteiger charge is 2.24. The topological polar surface area (TPSA) is 0 Å². The summed E-state index contributed by atoms with van der Waals surface area (Å²) in [6.45, 7) is 4.61. The van der Waals surface area contributed by atoms with Crippen LogP contribution in [-0.4, -0.2) is 0 Å². The zero-order valence-corrected chi connectivity index (χ0v) is 22.3. The van der Waals surface area contributed by atoms with Gasteiger partial charge in [-0.05, 0) is 53.5 Å². The van der Waals surface area contributed by atoms with E-state index >= 15 is 0 Å². The molecule has 1 aliphatic carbocycles. The second-order valence-electron chi connectivity index (χ2n) is 10.5. The van der Waals surface area contributed by atoms with E-state index < -0.39 is 0 Å². The number of benzene rings is 2. The fourth-order valence-corrected chi connectivity index (χ4v) is 5.72. The lowest BCUT2D eigenvalue weighted by Crippen LogP contribution is -1.94. The van der Waals surface area contributed by atoms with Gasteiger partial charge in [0.1, 0.15) is 0 Å². The minimum atomic E-state index is 1.28. The van der Waals surface area contributed by atoms with Gasteiger partial charge in [0.2, 0.25) is 0 Å². The molecule has 0 spiro atoms. The predicted octanol–water partition coefficient (Wildman–Crippen LogP) is 11.5. The molecule has 0 heterocycles. The number of hydrogen-bond donors (Lipinski definition) is 0. The first-order valence-electron chi connectivity index (χ1n) is 14.8. The molecule has 0 fully saturated rings. The highest BCUT2D eigenvalue weighted by atomic mass is 14.3. The quantitative estimate of drug-likeness (QED) is 0.166. The van der Waals surface area contributed by atoms with E-state index in [0.717, 1.165) is 0 Å². The Morgan fingerprint density at radius 3 is 1.12 bits per heavy atom. The van der Waals surface area contributed by atoms with Gasteiger partial charge in [-0.3, -0.25) is 0 Å². The molecule has 3 rings (SSSR count). The first-order chi connectivity index (χ1) is 16.9. The Balaban J connectivity index is 1.63. The van der Waals surface area contributed by atoms with Gasteiger partial charge in [0.05, 0.1) is 0 Å². The van der Waals surface area contributed by atoms with Crippen molar-refractivity contribution in [1.82, 2.24) is 0 Å². The van der Waals surface area contributed by atoms with E-state index in [1.807, 2.05) is 0 Å². The van der Waals surface area contributed by atoms with Crippen LogP contribution in [-0.2, 0) is 0 Å². The summed E-state index contributed by atoms with van der Waals surface area (Å²) in [4.78, 5) is 0. The van der Waals surface area contributed by atoms with Crippen molar-refractivity contribution in [3.05, 3.63) is 65.2 Å². The fraction of sp³-hybridized carbons (Fsp3) is 0.588. The van der Waals surface area contributed by atoms with Gasteiger partial charge in [-0.2, -0.15) is 0 Å². The van der Waals surface area contributed by atoms with Gasteiger partial charge in [-0.25, -0.2) is 0 Å². The summed E-state index contributed by atoms with van der Waals surface area (Å²) in [6.07, 6.45) is 25.0. The summed E-state index contributed by atoms with van der Waals surface area (Å²) >= 11 is 0. The lowest BCUT2D eigenvalue weighted by molar-refractivity contribution is 0.561. The molecule has 1 aliphatic rings. The van der Waals surface area contributed by atoms with Gasteiger partial charge >= 0.3 is 0 Å². The summed E-state index contributed by atoms with van der Waals surface area (Å²) in [5.74, 6) is 0. The summed E-state index contributed by atoms with van der Waals surface area (Å²) < 4.78 is 0. The van der Waals surface area contributed by atoms with E-state index in [1.165, 1.54) is 138 Å². The second-order valence-corrected chi connectivity index (χ2v) is 10.5. The van der Waals surface area contributed by atoms with Crippen LogP contribution >= 0.6 is 0 Å². The Morgan fingerprint density at radius 1 is 0.412 bits per heavy atom. The molecule has 0 unspecified atom stereocenters. The number of fused-ring (bicyclic) bond motifs is 3. The molecular formula is C34H50. The minimum absolute atomic E-state index is 1.28. The number of rotatable bonds is 18. The molecule has 2 aromatic carbocycles. The van der Waals surface area contributed by atoms with Crippen LogP contribution in [0.3, 0.4) is 0 Å². The lowest BCUT2D eigenvalue weighted by Gasteiger charge is -2.15. The van der Waals surface area contributed by atoms with Crippen LogP contribution in [0.2, 0.25) is 0 Å². The van der Waals surface area contributed by atoms with Gasteiger partial charge in [-0.1, -0.05) is 158 Å². The van der Waals surface area contributed by atoms with Crippen LogP contribution < -0.4 is 0 Å². The molecule has 186 valence electrons. The molecule has 0 saturated heterocycles. The van der Waals surface area contributed by atoms with Gasteiger partial charge < -0.3 is 0 Å². The van der Waals surface area contributed by atoms with E-state index in [1.54, 1.807) is 11.1 Å². The predicted molar refractivity (Wildman–Crippen MR) is 152 cm³/mol. The van der Waals surface area contributed by atoms with Crippen LogP contribution in [0.4, 0.5) is 0 Å². The van der Waals surface area contributed by atoms with Crippen molar-refractivity contribution in [2.24, 2.45) is 0 Å². The van der Waals surface area contributed by atoms with Crippen molar-refractivity contribution in [2.75, 3.05) is 0 Å². The van der Waals surface area contributed by atoms with E-state index in [-0.39, 0.29) is 0 Å². The Bertz CT molecular complexity index is 786. The Kier molecular flexibility index (Phi) is 12.6. The third-order valence-electron chi connectivity index (χ3n) is 7.70. The smallest absolute Gasteiger partial charge is 0.00990 e. The van der Waals surface area contributed by atoms with Gasteiger partial charge in [0, 0.05) is 0 Å². The van der Waals surface area contributed by atoms with Crippen molar-refractivity contribution in [3.8, 4) is 11.1 Å². The molecular weight excluding hydrogens is 408 g/mol. The minimum Gasteiger partial charge on any atom is -0.0654 e. The third kappa shape index (κ3) is 8.14. The van der Waals surface area contributed by atoms with Crippen LogP contribution in [0.15, 0.2) is 54.1 Å². The molecule has 0 heteroatoms. The Hall–Kier alpha value is -1.82. The van der Waals surface area contributed by atoms with Crippen LogP contribution in [0.5, 0.6) is 0 Å². The largest absolute Gasteiger partial charge is 0.0654 e. The number of unbranched alkanes of at least 4 members (excludes halogenated alkanes) is 14. The van der Waals surface area contributed by atoms with E-state index in [9.17, 15) is 0 Å². The Morgan fingerprint density at radius 2 is 0.735 bits per heavy atom. The maximum Gasteiger partial charge on any atom is -0.00990 e. The summed E-state index contributed by atoms with van der Waals surface area (Å²) in [5, 5.41) is 0. The van der Waals surface area contributed by atoms with Crippen molar-refractivity contribution in [1.29, 1.82) is 0 Å². The normalized spacial score (nSPS) is 12.1. The average molecular weight is 459 g/mol. The third-order valence-corrected chi connectivity index (χ3v) is 7.70. The van der Waals surface area contributed by atoms with Crippen molar-refractivity contribution in [2.45, 2.75) is 129 Å². The molecule has 0 aromatic heterocycles. The molecule has 34 heavy (non-hydrogen) atoms. The molecule has 0 N–H and O–H groups in total. The molecule has 0 atom stereocenters. The van der Waals surface area contributed by atoms with E-state index in [2.05, 4.69) is 62.4 Å². The van der Waals surface area contributed by atoms with Crippen molar-refractivity contribution in [3.63, 3.8) is 0 Å². The fourth-order valence-electron chi connectivity index (χ4n) is 5.72. The van der Waals surface area contributed by atoms with E-state index in [4.69, 9.17) is 0 Å². The van der Waals surface area contributed by atoms with E-state index in [0.29, 0.717) is 0 Å². The Labute approximate surface area is 211 Å². The molecule has 0 saturated carbocycles. The van der Waals surface area contributed by atoms with Gasteiger partial charge in [-0.15, -0.1) is 0 Å². The van der Waals surface area contributed by atoms with Gasteiger partial charge in [0.15, 0.2) is 0 Å². The molecule has 0 amide bonds. The molecule has 2 aromatic rings. The van der Waals surface area contributed by atoms with Crippen molar-refractivity contribution >= 4 is 5.57 Å². The second kappa shape index (κ2) is 16.0. The molecule has 0 radical (unpaired) electrons. The SMILES string of the molecule is CCCCCCCCCCC(CCCCCCCCCC)=C1c2ccccc2-c2ccccc21.